The van der Waals surface area contributed by atoms with Crippen molar-refractivity contribution in [3.63, 3.8) is 0 Å². The third kappa shape index (κ3) is 3.93. The van der Waals surface area contributed by atoms with Gasteiger partial charge in [0.25, 0.3) is 5.91 Å². The maximum absolute atomic E-state index is 13.5. The van der Waals surface area contributed by atoms with Crippen molar-refractivity contribution in [1.82, 2.24) is 29.7 Å². The fraction of sp³-hybridized carbons (Fsp3) is 0.310. The monoisotopic (exact) mass is 492 g/mol. The molecule has 1 aliphatic rings. The quantitative estimate of drug-likeness (QED) is 0.269. The van der Waals surface area contributed by atoms with Gasteiger partial charge in [-0.05, 0) is 57.0 Å². The van der Waals surface area contributed by atoms with E-state index in [-0.39, 0.29) is 17.7 Å². The second-order valence-corrected chi connectivity index (χ2v) is 9.52. The van der Waals surface area contributed by atoms with Crippen molar-refractivity contribution in [3.8, 4) is 0 Å². The van der Waals surface area contributed by atoms with Gasteiger partial charge >= 0.3 is 0 Å². The van der Waals surface area contributed by atoms with Gasteiger partial charge in [0.1, 0.15) is 11.0 Å². The van der Waals surface area contributed by atoms with Crippen LogP contribution in [0.1, 0.15) is 37.0 Å². The molecule has 8 nitrogen and oxygen atoms in total. The molecular weight excluding hydrogens is 464 g/mol. The van der Waals surface area contributed by atoms with Crippen LogP contribution in [0, 0.1) is 5.92 Å². The molecule has 186 valence electrons. The zero-order valence-corrected chi connectivity index (χ0v) is 21.0. The Bertz CT molecular complexity index is 1680. The normalized spacial score (nSPS) is 16.1. The Balaban J connectivity index is 1.40. The molecule has 0 spiro atoms. The Morgan fingerprint density at radius 3 is 2.19 bits per heavy atom. The van der Waals surface area contributed by atoms with Gasteiger partial charge in [-0.1, -0.05) is 12.1 Å². The number of rotatable bonds is 4. The van der Waals surface area contributed by atoms with Gasteiger partial charge in [0, 0.05) is 54.9 Å². The summed E-state index contributed by atoms with van der Waals surface area (Å²) >= 11 is 0. The van der Waals surface area contributed by atoms with Gasteiger partial charge in [-0.15, -0.1) is 0 Å². The molecule has 1 atom stereocenters. The number of carbonyl (C=O) groups excluding carboxylic acids is 2. The van der Waals surface area contributed by atoms with Crippen molar-refractivity contribution in [2.45, 2.75) is 26.7 Å². The van der Waals surface area contributed by atoms with Crippen LogP contribution in [0.5, 0.6) is 0 Å². The average Bonchev–Trinajstić information content (AvgIpc) is 2.96. The van der Waals surface area contributed by atoms with Crippen molar-refractivity contribution in [2.24, 2.45) is 5.92 Å². The predicted octanol–water partition coefficient (Wildman–Crippen LogP) is 4.60. The van der Waals surface area contributed by atoms with Crippen LogP contribution in [-0.2, 0) is 4.79 Å². The first-order valence-electron chi connectivity index (χ1n) is 12.9. The predicted molar refractivity (Wildman–Crippen MR) is 144 cm³/mol. The van der Waals surface area contributed by atoms with Gasteiger partial charge in [-0.25, -0.2) is 9.97 Å². The lowest BCUT2D eigenvalue weighted by atomic mass is 9.95. The molecule has 0 saturated carbocycles. The highest BCUT2D eigenvalue weighted by atomic mass is 16.2. The molecule has 1 saturated heterocycles. The van der Waals surface area contributed by atoms with E-state index in [0.29, 0.717) is 53.8 Å². The number of hydrogen-bond donors (Lipinski definition) is 0. The largest absolute Gasteiger partial charge is 0.343 e. The van der Waals surface area contributed by atoms with Crippen molar-refractivity contribution in [3.05, 3.63) is 60.4 Å². The molecule has 2 amide bonds. The number of nitrogens with zero attached hydrogens (tertiary/aromatic N) is 6. The zero-order chi connectivity index (χ0) is 25.5. The summed E-state index contributed by atoms with van der Waals surface area (Å²) in [5.41, 5.74) is 4.78. The minimum Gasteiger partial charge on any atom is -0.343 e. The van der Waals surface area contributed by atoms with Gasteiger partial charge in [0.2, 0.25) is 5.91 Å². The number of aromatic nitrogens is 4. The van der Waals surface area contributed by atoms with Crippen LogP contribution in [0.3, 0.4) is 0 Å². The van der Waals surface area contributed by atoms with Gasteiger partial charge < -0.3 is 9.80 Å². The minimum atomic E-state index is -0.153. The highest BCUT2D eigenvalue weighted by molar-refractivity contribution is 6.21. The highest BCUT2D eigenvalue weighted by Crippen LogP contribution is 2.32. The van der Waals surface area contributed by atoms with E-state index in [9.17, 15) is 9.59 Å². The maximum Gasteiger partial charge on any atom is 0.253 e. The van der Waals surface area contributed by atoms with Crippen LogP contribution < -0.4 is 0 Å². The van der Waals surface area contributed by atoms with Gasteiger partial charge in [-0.2, -0.15) is 0 Å². The average molecular weight is 493 g/mol. The Morgan fingerprint density at radius 2 is 1.54 bits per heavy atom. The van der Waals surface area contributed by atoms with Gasteiger partial charge in [0.15, 0.2) is 0 Å². The molecule has 0 radical (unpaired) electrons. The van der Waals surface area contributed by atoms with Crippen molar-refractivity contribution < 1.29 is 9.59 Å². The van der Waals surface area contributed by atoms with E-state index in [4.69, 9.17) is 9.97 Å². The lowest BCUT2D eigenvalue weighted by molar-refractivity contribution is -0.136. The van der Waals surface area contributed by atoms with E-state index in [1.807, 2.05) is 49.1 Å². The smallest absolute Gasteiger partial charge is 0.253 e. The Hall–Kier alpha value is -4.20. The summed E-state index contributed by atoms with van der Waals surface area (Å²) in [4.78, 5) is 49.1. The summed E-state index contributed by atoms with van der Waals surface area (Å²) < 4.78 is 0. The highest BCUT2D eigenvalue weighted by Gasteiger charge is 2.31. The fourth-order valence-corrected chi connectivity index (χ4v) is 5.48. The summed E-state index contributed by atoms with van der Waals surface area (Å²) in [7, 11) is 0. The summed E-state index contributed by atoms with van der Waals surface area (Å²) in [5.74, 6) is -0.0948. The SMILES string of the molecule is CCN(CC)C(=O)[C@H]1CCCN(C(=O)c2ccc3nc4c5ncccc5c5cccnc5c4nc3c2)C1. The fourth-order valence-electron chi connectivity index (χ4n) is 5.48. The zero-order valence-electron chi connectivity index (χ0n) is 21.0. The molecule has 0 unspecified atom stereocenters. The summed E-state index contributed by atoms with van der Waals surface area (Å²) in [5, 5.41) is 1.95. The lowest BCUT2D eigenvalue weighted by Gasteiger charge is -2.34. The first-order chi connectivity index (χ1) is 18.1. The number of amides is 2. The molecule has 1 aliphatic heterocycles. The maximum atomic E-state index is 13.5. The minimum absolute atomic E-state index is 0.0796. The summed E-state index contributed by atoms with van der Waals surface area (Å²) in [6.45, 7) is 6.45. The third-order valence-electron chi connectivity index (χ3n) is 7.40. The molecular formula is C29H28N6O2. The molecule has 1 fully saturated rings. The van der Waals surface area contributed by atoms with Crippen molar-refractivity contribution in [1.29, 1.82) is 0 Å². The number of pyridine rings is 2. The molecule has 2 aromatic carbocycles. The molecule has 0 bridgehead atoms. The van der Waals surface area contributed by atoms with E-state index in [1.165, 1.54) is 0 Å². The van der Waals surface area contributed by atoms with Crippen LogP contribution >= 0.6 is 0 Å². The molecule has 4 heterocycles. The van der Waals surface area contributed by atoms with Gasteiger partial charge in [0.05, 0.1) is 28.0 Å². The second kappa shape index (κ2) is 9.35. The van der Waals surface area contributed by atoms with Crippen molar-refractivity contribution >= 4 is 55.7 Å². The van der Waals surface area contributed by atoms with Crippen LogP contribution in [0.2, 0.25) is 0 Å². The number of likely N-dealkylation sites (tertiary alicyclic amines) is 1. The molecule has 0 N–H and O–H groups in total. The Kier molecular flexibility index (Phi) is 5.87. The summed E-state index contributed by atoms with van der Waals surface area (Å²) in [6, 6.07) is 13.3. The molecule has 6 rings (SSSR count). The van der Waals surface area contributed by atoms with Crippen molar-refractivity contribution in [2.75, 3.05) is 26.2 Å². The molecule has 0 aliphatic carbocycles. The Labute approximate surface area is 214 Å². The second-order valence-electron chi connectivity index (χ2n) is 9.52. The van der Waals surface area contributed by atoms with Crippen LogP contribution in [0.25, 0.3) is 43.9 Å². The Morgan fingerprint density at radius 1 is 0.892 bits per heavy atom. The molecule has 8 heteroatoms. The molecule has 37 heavy (non-hydrogen) atoms. The number of benzene rings is 2. The first-order valence-corrected chi connectivity index (χ1v) is 12.9. The van der Waals surface area contributed by atoms with Crippen LogP contribution in [-0.4, -0.2) is 67.7 Å². The molecule has 5 aromatic rings. The summed E-state index contributed by atoms with van der Waals surface area (Å²) in [6.07, 6.45) is 5.14. The first kappa shape index (κ1) is 23.2. The number of hydrogen-bond acceptors (Lipinski definition) is 6. The third-order valence-corrected chi connectivity index (χ3v) is 7.40. The van der Waals surface area contributed by atoms with E-state index in [1.54, 1.807) is 29.4 Å². The van der Waals surface area contributed by atoms with E-state index in [2.05, 4.69) is 9.97 Å². The van der Waals surface area contributed by atoms with Crippen LogP contribution in [0.4, 0.5) is 0 Å². The van der Waals surface area contributed by atoms with E-state index in [0.717, 1.165) is 34.6 Å². The topological polar surface area (TPSA) is 92.2 Å². The standard InChI is InChI=1S/C29H28N6O2/c1-3-34(4-2)29(37)19-8-7-15-35(17-19)28(36)18-11-12-22-23(16-18)33-27-25-21(10-6-14-31-25)20-9-5-13-30-24(20)26(27)32-22/h5-6,9-14,16,19H,3-4,7-8,15,17H2,1-2H3/t19-/m0/s1. The number of piperidine rings is 1. The van der Waals surface area contributed by atoms with Gasteiger partial charge in [-0.3, -0.25) is 19.6 Å². The van der Waals surface area contributed by atoms with E-state index >= 15 is 0 Å². The number of carbonyl (C=O) groups is 2. The lowest BCUT2D eigenvalue weighted by Crippen LogP contribution is -2.46. The van der Waals surface area contributed by atoms with Crippen LogP contribution in [0.15, 0.2) is 54.9 Å². The van der Waals surface area contributed by atoms with E-state index < -0.39 is 0 Å². The number of fused-ring (bicyclic) bond motifs is 7. The molecule has 3 aromatic heterocycles.